The SMILES string of the molecule is OC1COCC1N1CCC2(CC1)OCCc1cc(C(F)(F)F)sc12. The molecule has 24 heavy (non-hydrogen) atoms. The molecule has 1 spiro atoms. The quantitative estimate of drug-likeness (QED) is 0.832. The van der Waals surface area contributed by atoms with Crippen molar-refractivity contribution in [2.45, 2.75) is 43.2 Å². The van der Waals surface area contributed by atoms with Gasteiger partial charge in [-0.15, -0.1) is 11.3 Å². The molecule has 0 aliphatic carbocycles. The van der Waals surface area contributed by atoms with Crippen LogP contribution in [-0.4, -0.2) is 55.1 Å². The van der Waals surface area contributed by atoms with Gasteiger partial charge < -0.3 is 14.6 Å². The lowest BCUT2D eigenvalue weighted by molar-refractivity contribution is -0.134. The fraction of sp³-hybridized carbons (Fsp3) is 0.750. The topological polar surface area (TPSA) is 41.9 Å². The first-order valence-corrected chi connectivity index (χ1v) is 9.05. The molecule has 8 heteroatoms. The summed E-state index contributed by atoms with van der Waals surface area (Å²) in [5.74, 6) is 0. The van der Waals surface area contributed by atoms with Crippen LogP contribution in [0.15, 0.2) is 6.07 Å². The van der Waals surface area contributed by atoms with Crippen molar-refractivity contribution in [3.63, 3.8) is 0 Å². The van der Waals surface area contributed by atoms with Gasteiger partial charge in [-0.2, -0.15) is 13.2 Å². The number of ether oxygens (including phenoxy) is 2. The summed E-state index contributed by atoms with van der Waals surface area (Å²) >= 11 is 0.839. The van der Waals surface area contributed by atoms with E-state index in [0.29, 0.717) is 52.2 Å². The van der Waals surface area contributed by atoms with Crippen LogP contribution < -0.4 is 0 Å². The average Bonchev–Trinajstić information content (AvgIpc) is 3.15. The van der Waals surface area contributed by atoms with E-state index in [0.717, 1.165) is 21.8 Å². The number of nitrogens with zero attached hydrogens (tertiary/aromatic N) is 1. The minimum Gasteiger partial charge on any atom is -0.389 e. The highest BCUT2D eigenvalue weighted by atomic mass is 32.1. The van der Waals surface area contributed by atoms with Gasteiger partial charge in [-0.1, -0.05) is 0 Å². The molecule has 0 radical (unpaired) electrons. The molecule has 1 aromatic heterocycles. The molecule has 0 aromatic carbocycles. The van der Waals surface area contributed by atoms with Crippen molar-refractivity contribution >= 4 is 11.3 Å². The maximum atomic E-state index is 13.1. The van der Waals surface area contributed by atoms with Gasteiger partial charge in [0.05, 0.1) is 32.0 Å². The molecule has 3 aliphatic heterocycles. The number of hydrogen-bond acceptors (Lipinski definition) is 5. The molecule has 4 nitrogen and oxygen atoms in total. The third-order valence-corrected chi connectivity index (χ3v) is 6.76. The van der Waals surface area contributed by atoms with E-state index in [9.17, 15) is 18.3 Å². The number of thiophene rings is 1. The van der Waals surface area contributed by atoms with Crippen LogP contribution >= 0.6 is 11.3 Å². The van der Waals surface area contributed by atoms with Crippen LogP contribution in [0.4, 0.5) is 13.2 Å². The predicted octanol–water partition coefficient (Wildman–Crippen LogP) is 2.39. The third-order valence-electron chi connectivity index (χ3n) is 5.35. The minimum atomic E-state index is -4.30. The Morgan fingerprint density at radius 2 is 2.00 bits per heavy atom. The molecule has 4 rings (SSSR count). The summed E-state index contributed by atoms with van der Waals surface area (Å²) in [7, 11) is 0. The predicted molar refractivity (Wildman–Crippen MR) is 82.1 cm³/mol. The van der Waals surface area contributed by atoms with Crippen molar-refractivity contribution in [2.24, 2.45) is 0 Å². The molecule has 134 valence electrons. The lowest BCUT2D eigenvalue weighted by Crippen LogP contribution is -2.52. The Kier molecular flexibility index (Phi) is 4.16. The van der Waals surface area contributed by atoms with Crippen LogP contribution in [0.5, 0.6) is 0 Å². The van der Waals surface area contributed by atoms with Gasteiger partial charge in [-0.3, -0.25) is 4.90 Å². The van der Waals surface area contributed by atoms with E-state index in [2.05, 4.69) is 4.90 Å². The Morgan fingerprint density at radius 1 is 1.25 bits per heavy atom. The number of likely N-dealkylation sites (tertiary alicyclic amines) is 1. The molecular weight excluding hydrogens is 343 g/mol. The van der Waals surface area contributed by atoms with E-state index in [-0.39, 0.29) is 6.04 Å². The van der Waals surface area contributed by atoms with Gasteiger partial charge in [0.1, 0.15) is 10.5 Å². The number of aliphatic hydroxyl groups excluding tert-OH is 1. The molecule has 0 bridgehead atoms. The first kappa shape index (κ1) is 16.8. The number of hydrogen-bond donors (Lipinski definition) is 1. The summed E-state index contributed by atoms with van der Waals surface area (Å²) in [4.78, 5) is 2.40. The Labute approximate surface area is 142 Å². The summed E-state index contributed by atoms with van der Waals surface area (Å²) in [5, 5.41) is 9.97. The number of alkyl halides is 3. The first-order valence-electron chi connectivity index (χ1n) is 8.23. The van der Waals surface area contributed by atoms with Gasteiger partial charge in [0.15, 0.2) is 0 Å². The van der Waals surface area contributed by atoms with E-state index in [4.69, 9.17) is 9.47 Å². The van der Waals surface area contributed by atoms with Gasteiger partial charge in [0.25, 0.3) is 0 Å². The lowest BCUT2D eigenvalue weighted by Gasteiger charge is -2.45. The van der Waals surface area contributed by atoms with Crippen LogP contribution in [0.25, 0.3) is 0 Å². The van der Waals surface area contributed by atoms with Gasteiger partial charge in [-0.05, 0) is 30.9 Å². The number of rotatable bonds is 1. The first-order chi connectivity index (χ1) is 11.4. The zero-order chi connectivity index (χ0) is 16.9. The number of aliphatic hydroxyl groups is 1. The molecule has 4 heterocycles. The van der Waals surface area contributed by atoms with Crippen molar-refractivity contribution in [1.82, 2.24) is 4.90 Å². The molecule has 2 fully saturated rings. The van der Waals surface area contributed by atoms with Gasteiger partial charge >= 0.3 is 6.18 Å². The van der Waals surface area contributed by atoms with Crippen LogP contribution in [0, 0.1) is 0 Å². The van der Waals surface area contributed by atoms with E-state index < -0.39 is 22.8 Å². The van der Waals surface area contributed by atoms with Crippen molar-refractivity contribution in [2.75, 3.05) is 32.9 Å². The fourth-order valence-corrected chi connectivity index (χ4v) is 5.31. The molecule has 1 aromatic rings. The third kappa shape index (κ3) is 2.78. The van der Waals surface area contributed by atoms with E-state index in [1.165, 1.54) is 6.07 Å². The highest BCUT2D eigenvalue weighted by molar-refractivity contribution is 7.12. The monoisotopic (exact) mass is 363 g/mol. The lowest BCUT2D eigenvalue weighted by atomic mass is 9.84. The molecule has 1 N–H and O–H groups in total. The molecule has 0 amide bonds. The van der Waals surface area contributed by atoms with Crippen LogP contribution in [0.2, 0.25) is 0 Å². The van der Waals surface area contributed by atoms with Crippen LogP contribution in [0.1, 0.15) is 28.2 Å². The molecule has 2 unspecified atom stereocenters. The second-order valence-corrected chi connectivity index (χ2v) is 7.82. The minimum absolute atomic E-state index is 0.0144. The summed E-state index contributed by atoms with van der Waals surface area (Å²) in [6, 6.07) is 1.28. The fourth-order valence-electron chi connectivity index (χ4n) is 4.03. The Hall–Kier alpha value is -0.670. The summed E-state index contributed by atoms with van der Waals surface area (Å²) in [6.45, 7) is 2.73. The van der Waals surface area contributed by atoms with Gasteiger partial charge in [-0.25, -0.2) is 0 Å². The standard InChI is InChI=1S/C16H20F3NO3S/c17-16(18,19)13-7-10-1-6-23-15(14(10)24-13)2-4-20(5-3-15)11-8-22-9-12(11)21/h7,11-12,21H,1-6,8-9H2. The molecular formula is C16H20F3NO3S. The zero-order valence-corrected chi connectivity index (χ0v) is 14.0. The summed E-state index contributed by atoms with van der Waals surface area (Å²) in [5.41, 5.74) is 0.194. The van der Waals surface area contributed by atoms with Crippen molar-refractivity contribution in [1.29, 1.82) is 0 Å². The average molecular weight is 363 g/mol. The van der Waals surface area contributed by atoms with Crippen LogP contribution in [0.3, 0.4) is 0 Å². The van der Waals surface area contributed by atoms with Crippen LogP contribution in [-0.2, 0) is 27.7 Å². The number of halogens is 3. The second kappa shape index (κ2) is 5.95. The number of piperidine rings is 1. The van der Waals surface area contributed by atoms with Gasteiger partial charge in [0, 0.05) is 18.0 Å². The van der Waals surface area contributed by atoms with E-state index in [1.807, 2.05) is 0 Å². The maximum absolute atomic E-state index is 13.1. The zero-order valence-electron chi connectivity index (χ0n) is 13.1. The van der Waals surface area contributed by atoms with Crippen molar-refractivity contribution in [3.05, 3.63) is 21.4 Å². The molecule has 3 aliphatic rings. The van der Waals surface area contributed by atoms with E-state index in [1.54, 1.807) is 0 Å². The molecule has 2 atom stereocenters. The van der Waals surface area contributed by atoms with Gasteiger partial charge in [0.2, 0.25) is 0 Å². The smallest absolute Gasteiger partial charge is 0.389 e. The highest BCUT2D eigenvalue weighted by Crippen LogP contribution is 2.48. The Bertz CT molecular complexity index is 610. The summed E-state index contributed by atoms with van der Waals surface area (Å²) in [6.07, 6.45) is -2.93. The van der Waals surface area contributed by atoms with Crippen molar-refractivity contribution in [3.8, 4) is 0 Å². The molecule has 0 saturated carbocycles. The Balaban J connectivity index is 1.55. The largest absolute Gasteiger partial charge is 0.425 e. The molecule has 2 saturated heterocycles. The summed E-state index contributed by atoms with van der Waals surface area (Å²) < 4.78 is 50.5. The normalized spacial score (nSPS) is 30.7. The van der Waals surface area contributed by atoms with Crippen molar-refractivity contribution < 1.29 is 27.8 Å². The number of fused-ring (bicyclic) bond motifs is 2. The highest BCUT2D eigenvalue weighted by Gasteiger charge is 2.46. The van der Waals surface area contributed by atoms with E-state index >= 15 is 0 Å². The Morgan fingerprint density at radius 3 is 2.62 bits per heavy atom. The maximum Gasteiger partial charge on any atom is 0.425 e. The second-order valence-electron chi connectivity index (χ2n) is 6.76.